The van der Waals surface area contributed by atoms with Crippen molar-refractivity contribution in [3.05, 3.63) is 77.6 Å². The van der Waals surface area contributed by atoms with Crippen LogP contribution in [0.15, 0.2) is 66.3 Å². The first-order chi connectivity index (χ1) is 16.3. The summed E-state index contributed by atoms with van der Waals surface area (Å²) >= 11 is 7.32. The first-order valence-electron chi connectivity index (χ1n) is 11.2. The van der Waals surface area contributed by atoms with Crippen LogP contribution < -0.4 is 10.1 Å². The van der Waals surface area contributed by atoms with Crippen LogP contribution >= 0.6 is 23.4 Å². The fourth-order valence-corrected chi connectivity index (χ4v) is 4.24. The summed E-state index contributed by atoms with van der Waals surface area (Å²) in [5.74, 6) is 1.80. The molecule has 0 unspecified atom stereocenters. The molecule has 1 aromatic heterocycles. The Labute approximate surface area is 210 Å². The molecule has 3 aromatic rings. The van der Waals surface area contributed by atoms with Crippen LogP contribution in [-0.2, 0) is 23.2 Å². The van der Waals surface area contributed by atoms with E-state index in [-0.39, 0.29) is 17.1 Å². The molecule has 0 aliphatic heterocycles. The van der Waals surface area contributed by atoms with Gasteiger partial charge in [0.15, 0.2) is 5.16 Å². The molecule has 0 radical (unpaired) electrons. The minimum Gasteiger partial charge on any atom is -0.494 e. The first kappa shape index (κ1) is 25.8. The van der Waals surface area contributed by atoms with E-state index < -0.39 is 0 Å². The van der Waals surface area contributed by atoms with E-state index in [0.29, 0.717) is 29.0 Å². The van der Waals surface area contributed by atoms with Crippen LogP contribution in [0, 0.1) is 0 Å². The standard InChI is InChI=1S/C26H31ClN4O2S/c1-5-15-31-23(10-7-16-33-22-13-11-19(12-14-22)26(2,3)4)29-30-25(31)34-18-24(32)28-21-9-6-8-20(27)17-21/h5-6,8-9,11-14,17H,1,7,10,15-16,18H2,2-4H3,(H,28,32). The zero-order valence-electron chi connectivity index (χ0n) is 19.9. The van der Waals surface area contributed by atoms with E-state index in [2.05, 4.69) is 55.0 Å². The number of amides is 1. The quantitative estimate of drug-likeness (QED) is 0.195. The summed E-state index contributed by atoms with van der Waals surface area (Å²) in [7, 11) is 0. The van der Waals surface area contributed by atoms with Crippen molar-refractivity contribution in [3.63, 3.8) is 0 Å². The summed E-state index contributed by atoms with van der Waals surface area (Å²) in [5, 5.41) is 12.7. The Morgan fingerprint density at radius 3 is 2.65 bits per heavy atom. The van der Waals surface area contributed by atoms with Crippen molar-refractivity contribution in [3.8, 4) is 5.75 Å². The molecule has 1 heterocycles. The van der Waals surface area contributed by atoms with Crippen molar-refractivity contribution in [1.29, 1.82) is 0 Å². The van der Waals surface area contributed by atoms with Crippen LogP contribution in [0.5, 0.6) is 5.75 Å². The smallest absolute Gasteiger partial charge is 0.234 e. The zero-order valence-corrected chi connectivity index (χ0v) is 21.5. The van der Waals surface area contributed by atoms with Crippen molar-refractivity contribution >= 4 is 35.0 Å². The summed E-state index contributed by atoms with van der Waals surface area (Å²) in [6.45, 7) is 11.6. The van der Waals surface area contributed by atoms with Crippen LogP contribution in [0.3, 0.4) is 0 Å². The number of aromatic nitrogens is 3. The second-order valence-electron chi connectivity index (χ2n) is 8.87. The summed E-state index contributed by atoms with van der Waals surface area (Å²) in [6, 6.07) is 15.3. The molecule has 6 nitrogen and oxygen atoms in total. The zero-order chi connectivity index (χ0) is 24.6. The number of hydrogen-bond acceptors (Lipinski definition) is 5. The second kappa shape index (κ2) is 12.1. The highest BCUT2D eigenvalue weighted by Crippen LogP contribution is 2.24. The van der Waals surface area contributed by atoms with E-state index >= 15 is 0 Å². The van der Waals surface area contributed by atoms with E-state index in [1.807, 2.05) is 16.7 Å². The van der Waals surface area contributed by atoms with Crippen molar-refractivity contribution in [1.82, 2.24) is 14.8 Å². The highest BCUT2D eigenvalue weighted by molar-refractivity contribution is 7.99. The predicted octanol–water partition coefficient (Wildman–Crippen LogP) is 6.16. The number of rotatable bonds is 11. The maximum absolute atomic E-state index is 12.3. The highest BCUT2D eigenvalue weighted by Gasteiger charge is 2.15. The minimum absolute atomic E-state index is 0.124. The maximum Gasteiger partial charge on any atom is 0.234 e. The molecule has 8 heteroatoms. The number of nitrogens with zero attached hydrogens (tertiary/aromatic N) is 3. The molecule has 1 N–H and O–H groups in total. The van der Waals surface area contributed by atoms with Gasteiger partial charge in [-0.3, -0.25) is 4.79 Å². The lowest BCUT2D eigenvalue weighted by molar-refractivity contribution is -0.113. The van der Waals surface area contributed by atoms with E-state index in [9.17, 15) is 4.79 Å². The van der Waals surface area contributed by atoms with Gasteiger partial charge in [-0.1, -0.05) is 68.4 Å². The average molecular weight is 499 g/mol. The van der Waals surface area contributed by atoms with Gasteiger partial charge in [-0.05, 0) is 47.7 Å². The third kappa shape index (κ3) is 7.64. The fraction of sp³-hybridized carbons (Fsp3) is 0.346. The van der Waals surface area contributed by atoms with Gasteiger partial charge < -0.3 is 14.6 Å². The van der Waals surface area contributed by atoms with E-state index in [1.54, 1.807) is 30.3 Å². The molecule has 0 saturated carbocycles. The SMILES string of the molecule is C=CCn1c(CCCOc2ccc(C(C)(C)C)cc2)nnc1SCC(=O)Nc1cccc(Cl)c1. The highest BCUT2D eigenvalue weighted by atomic mass is 35.5. The average Bonchev–Trinajstić information content (AvgIpc) is 3.17. The lowest BCUT2D eigenvalue weighted by Crippen LogP contribution is -2.14. The van der Waals surface area contributed by atoms with Gasteiger partial charge in [-0.2, -0.15) is 0 Å². The van der Waals surface area contributed by atoms with Crippen LogP contribution in [0.25, 0.3) is 0 Å². The van der Waals surface area contributed by atoms with Crippen molar-refractivity contribution < 1.29 is 9.53 Å². The summed E-state index contributed by atoms with van der Waals surface area (Å²) in [5.41, 5.74) is 2.07. The number of aryl methyl sites for hydroxylation is 1. The number of thioether (sulfide) groups is 1. The molecule has 2 aromatic carbocycles. The number of carbonyl (C=O) groups is 1. The molecule has 0 bridgehead atoms. The molecule has 0 fully saturated rings. The van der Waals surface area contributed by atoms with Gasteiger partial charge in [0.2, 0.25) is 5.91 Å². The molecule has 1 amide bonds. The van der Waals surface area contributed by atoms with Crippen LogP contribution in [0.1, 0.15) is 38.6 Å². The number of halogens is 1. The largest absolute Gasteiger partial charge is 0.494 e. The van der Waals surface area contributed by atoms with Crippen molar-refractivity contribution in [2.24, 2.45) is 0 Å². The number of hydrogen-bond donors (Lipinski definition) is 1. The molecule has 0 aliphatic rings. The van der Waals surface area contributed by atoms with E-state index in [4.69, 9.17) is 16.3 Å². The van der Waals surface area contributed by atoms with Gasteiger partial charge in [-0.15, -0.1) is 16.8 Å². The topological polar surface area (TPSA) is 69.0 Å². The Morgan fingerprint density at radius 2 is 1.97 bits per heavy atom. The predicted molar refractivity (Wildman–Crippen MR) is 140 cm³/mol. The molecule has 180 valence electrons. The van der Waals surface area contributed by atoms with E-state index in [0.717, 1.165) is 24.4 Å². The van der Waals surface area contributed by atoms with Gasteiger partial charge >= 0.3 is 0 Å². The molecule has 3 rings (SSSR count). The number of allylic oxidation sites excluding steroid dienone is 1. The number of ether oxygens (including phenoxy) is 1. The molecule has 0 spiro atoms. The third-order valence-corrected chi connectivity index (χ3v) is 6.28. The molecule has 0 aliphatic carbocycles. The maximum atomic E-state index is 12.3. The third-order valence-electron chi connectivity index (χ3n) is 5.08. The van der Waals surface area contributed by atoms with Crippen LogP contribution in [0.4, 0.5) is 5.69 Å². The molecule has 0 atom stereocenters. The number of anilines is 1. The van der Waals surface area contributed by atoms with E-state index in [1.165, 1.54) is 17.3 Å². The van der Waals surface area contributed by atoms with Gasteiger partial charge in [0.05, 0.1) is 12.4 Å². The Morgan fingerprint density at radius 1 is 1.21 bits per heavy atom. The van der Waals surface area contributed by atoms with Crippen LogP contribution in [-0.4, -0.2) is 33.0 Å². The van der Waals surface area contributed by atoms with Crippen molar-refractivity contribution in [2.75, 3.05) is 17.7 Å². The Bertz CT molecular complexity index is 1110. The second-order valence-corrected chi connectivity index (χ2v) is 10.3. The summed E-state index contributed by atoms with van der Waals surface area (Å²) in [4.78, 5) is 12.3. The molecular formula is C26H31ClN4O2S. The number of carbonyl (C=O) groups excluding carboxylic acids is 1. The minimum atomic E-state index is -0.132. The van der Waals surface area contributed by atoms with Gasteiger partial charge in [-0.25, -0.2) is 0 Å². The number of benzene rings is 2. The summed E-state index contributed by atoms with van der Waals surface area (Å²) < 4.78 is 7.89. The normalized spacial score (nSPS) is 11.3. The number of nitrogens with one attached hydrogen (secondary N) is 1. The Hall–Kier alpha value is -2.77. The Kier molecular flexibility index (Phi) is 9.19. The van der Waals surface area contributed by atoms with Crippen molar-refractivity contribution in [2.45, 2.75) is 50.7 Å². The lowest BCUT2D eigenvalue weighted by atomic mass is 9.87. The van der Waals surface area contributed by atoms with Crippen LogP contribution in [0.2, 0.25) is 5.02 Å². The molecule has 0 saturated heterocycles. The Balaban J connectivity index is 1.50. The molecular weight excluding hydrogens is 468 g/mol. The molecule has 34 heavy (non-hydrogen) atoms. The van der Waals surface area contributed by atoms with Gasteiger partial charge in [0.1, 0.15) is 11.6 Å². The van der Waals surface area contributed by atoms with Gasteiger partial charge in [0.25, 0.3) is 0 Å². The monoisotopic (exact) mass is 498 g/mol. The summed E-state index contributed by atoms with van der Waals surface area (Å²) in [6.07, 6.45) is 3.32. The lowest BCUT2D eigenvalue weighted by Gasteiger charge is -2.19. The fourth-order valence-electron chi connectivity index (χ4n) is 3.29. The first-order valence-corrected chi connectivity index (χ1v) is 12.6. The van der Waals surface area contributed by atoms with Gasteiger partial charge in [0, 0.05) is 23.7 Å².